The van der Waals surface area contributed by atoms with Gasteiger partial charge >= 0.3 is 0 Å². The monoisotopic (exact) mass is 947 g/mol. The van der Waals surface area contributed by atoms with Crippen LogP contribution in [0.5, 0.6) is 0 Å². The second-order valence-corrected chi connectivity index (χ2v) is 17.5. The van der Waals surface area contributed by atoms with Crippen LogP contribution in [0.15, 0.2) is 222 Å². The molecule has 0 spiro atoms. The summed E-state index contributed by atoms with van der Waals surface area (Å²) < 4.78 is 152. The van der Waals surface area contributed by atoms with E-state index < -0.39 is 84.1 Å². The van der Waals surface area contributed by atoms with Crippen LogP contribution in [0.25, 0.3) is 144 Å². The van der Waals surface area contributed by atoms with Gasteiger partial charge in [0, 0.05) is 48.5 Å². The molecule has 0 atom stereocenters. The van der Waals surface area contributed by atoms with Crippen molar-refractivity contribution in [3.05, 3.63) is 224 Å². The summed E-state index contributed by atoms with van der Waals surface area (Å²) in [6.45, 7) is 0. The number of nitrogens with zero attached hydrogens (tertiary/aromatic N) is 8. The zero-order valence-electron chi connectivity index (χ0n) is 52.6. The SMILES string of the molecule is [2H]c1c([2H])c([2H])c2c(c1[2H])c1ccccc1n2-c1nc(-c2c(-n3c4c([2H])c([2H])c([2H])c([2H])c4c4c([2H])c(C#N)c([2H])c([2H])c43)cccc2-n2c3ccccc3c3ccc4oc5ccccc5c4c32)nc(-n2c3ccccc3c3c([2H])c([2H])c([2H])c([2H])c32)n1. The van der Waals surface area contributed by atoms with Gasteiger partial charge in [0.05, 0.1) is 98.7 Å². The van der Waals surface area contributed by atoms with E-state index in [-0.39, 0.29) is 84.7 Å². The van der Waals surface area contributed by atoms with Crippen molar-refractivity contribution in [3.8, 4) is 40.7 Å². The number of rotatable bonds is 5. The van der Waals surface area contributed by atoms with Gasteiger partial charge in [0.2, 0.25) is 11.9 Å². The van der Waals surface area contributed by atoms with E-state index in [1.165, 1.54) is 13.7 Å². The fraction of sp³-hybridized carbons (Fsp3) is 0. The maximum atomic E-state index is 10.5. The Morgan fingerprint density at radius 2 is 0.904 bits per heavy atom. The first-order valence-electron chi connectivity index (χ1n) is 30.6. The molecule has 73 heavy (non-hydrogen) atoms. The Kier molecular flexibility index (Phi) is 5.65. The van der Waals surface area contributed by atoms with E-state index in [1.807, 2.05) is 71.3 Å². The Balaban J connectivity index is 1.18. The molecule has 16 rings (SSSR count). The molecule has 0 amide bonds. The second kappa shape index (κ2) is 14.9. The van der Waals surface area contributed by atoms with Crippen molar-refractivity contribution in [3.63, 3.8) is 0 Å². The third-order valence-corrected chi connectivity index (χ3v) is 13.8. The van der Waals surface area contributed by atoms with E-state index in [4.69, 9.17) is 27.6 Å². The molecule has 0 saturated carbocycles. The molecule has 0 unspecified atom stereocenters. The third-order valence-electron chi connectivity index (χ3n) is 13.8. The van der Waals surface area contributed by atoms with Crippen LogP contribution in [-0.4, -0.2) is 33.2 Å². The van der Waals surface area contributed by atoms with Crippen molar-refractivity contribution in [1.82, 2.24) is 33.2 Å². The maximum absolute atomic E-state index is 10.5. The largest absolute Gasteiger partial charge is 0.456 e. The van der Waals surface area contributed by atoms with E-state index in [2.05, 4.69) is 0 Å². The van der Waals surface area contributed by atoms with Crippen LogP contribution in [0.1, 0.15) is 26.1 Å². The lowest BCUT2D eigenvalue weighted by atomic mass is 10.1. The lowest BCUT2D eigenvalue weighted by Gasteiger charge is -2.20. The molecule has 0 aliphatic rings. The van der Waals surface area contributed by atoms with Gasteiger partial charge in [0.15, 0.2) is 5.82 Å². The highest BCUT2D eigenvalue weighted by molar-refractivity contribution is 6.25. The van der Waals surface area contributed by atoms with Gasteiger partial charge in [-0.1, -0.05) is 133 Å². The number of aromatic nitrogens is 7. The second-order valence-electron chi connectivity index (χ2n) is 17.5. The van der Waals surface area contributed by atoms with Gasteiger partial charge in [0.1, 0.15) is 11.2 Å². The molecule has 338 valence electrons. The lowest BCUT2D eigenvalue weighted by Crippen LogP contribution is -2.12. The minimum Gasteiger partial charge on any atom is -0.456 e. The van der Waals surface area contributed by atoms with Crippen molar-refractivity contribution < 1.29 is 25.0 Å². The molecule has 6 aromatic heterocycles. The van der Waals surface area contributed by atoms with Crippen LogP contribution in [-0.2, 0) is 0 Å². The molecule has 0 bridgehead atoms. The average molecular weight is 948 g/mol. The molecule has 0 fully saturated rings. The normalized spacial score (nSPS) is 15.0. The fourth-order valence-corrected chi connectivity index (χ4v) is 10.9. The van der Waals surface area contributed by atoms with E-state index >= 15 is 0 Å². The molecule has 0 N–H and O–H groups in total. The summed E-state index contributed by atoms with van der Waals surface area (Å²) in [4.78, 5) is 16.0. The molecule has 9 nitrogen and oxygen atoms in total. The molecule has 6 heterocycles. The molecule has 0 radical (unpaired) electrons. The van der Waals surface area contributed by atoms with Crippen LogP contribution in [0.2, 0.25) is 0 Å². The van der Waals surface area contributed by atoms with Crippen LogP contribution in [0, 0.1) is 11.3 Å². The standard InChI is InChI=1S/C64H36N8O/c65-37-38-32-34-54-47(36-38)44-21-6-8-23-48(44)69(54)55-29-15-30-56(70-49-24-9-5-20-43(49)45-33-35-58-59(61(45)70)46-22-7-14-31-57(46)73-58)60(55)62-66-63(71-50-25-10-1-16-39(50)40-17-2-11-26-51(40)71)68-64(67-62)72-52-27-12-3-18-41(52)42-19-4-13-28-53(42)72/h1-36H/i1D,3D,6D,8D,10D,12D,16D,18D,21D,23D,25D,27D,32D,34D,36D. The molecular formula is C64H36N8O. The number of benzene rings is 10. The number of furan rings is 1. The number of fused-ring (bicyclic) bond motifs is 16. The third kappa shape index (κ3) is 5.46. The highest BCUT2D eigenvalue weighted by Gasteiger charge is 2.28. The smallest absolute Gasteiger partial charge is 0.240 e. The number of hydrogen-bond donors (Lipinski definition) is 0. The number of hydrogen-bond acceptors (Lipinski definition) is 5. The molecule has 0 aliphatic carbocycles. The van der Waals surface area contributed by atoms with Crippen molar-refractivity contribution in [2.45, 2.75) is 0 Å². The summed E-state index contributed by atoms with van der Waals surface area (Å²) in [7, 11) is 0. The molecule has 9 heteroatoms. The summed E-state index contributed by atoms with van der Waals surface area (Å²) in [5.74, 6) is -0.729. The molecule has 16 aromatic rings. The van der Waals surface area contributed by atoms with Crippen molar-refractivity contribution in [1.29, 1.82) is 5.26 Å². The van der Waals surface area contributed by atoms with E-state index in [0.717, 1.165) is 16.2 Å². The molecular weight excluding hydrogens is 897 g/mol. The van der Waals surface area contributed by atoms with E-state index in [0.29, 0.717) is 55.1 Å². The van der Waals surface area contributed by atoms with Gasteiger partial charge in [-0.2, -0.15) is 20.2 Å². The van der Waals surface area contributed by atoms with Gasteiger partial charge in [-0.05, 0) is 84.8 Å². The molecule has 0 saturated heterocycles. The zero-order valence-corrected chi connectivity index (χ0v) is 37.6. The predicted octanol–water partition coefficient (Wildman–Crippen LogP) is 15.7. The van der Waals surface area contributed by atoms with Crippen LogP contribution in [0.3, 0.4) is 0 Å². The Bertz CT molecular complexity index is 5840. The lowest BCUT2D eigenvalue weighted by molar-refractivity contribution is 0.669. The van der Waals surface area contributed by atoms with E-state index in [1.54, 1.807) is 66.7 Å². The van der Waals surface area contributed by atoms with Crippen LogP contribution in [0.4, 0.5) is 0 Å². The van der Waals surface area contributed by atoms with Crippen molar-refractivity contribution in [2.24, 2.45) is 0 Å². The summed E-state index contributed by atoms with van der Waals surface area (Å²) in [6.07, 6.45) is 0. The fourth-order valence-electron chi connectivity index (χ4n) is 10.9. The van der Waals surface area contributed by atoms with E-state index in [9.17, 15) is 17.6 Å². The van der Waals surface area contributed by atoms with Gasteiger partial charge in [-0.25, -0.2) is 0 Å². The minimum atomic E-state index is -0.669. The number of para-hydroxylation sites is 7. The van der Waals surface area contributed by atoms with Crippen LogP contribution >= 0.6 is 0 Å². The highest BCUT2D eigenvalue weighted by Crippen LogP contribution is 2.45. The summed E-state index contributed by atoms with van der Waals surface area (Å²) in [6, 6.07) is 31.7. The zero-order chi connectivity index (χ0) is 60.9. The number of nitriles is 1. The minimum absolute atomic E-state index is 0.0195. The van der Waals surface area contributed by atoms with Gasteiger partial charge in [-0.3, -0.25) is 9.13 Å². The first kappa shape index (κ1) is 27.8. The first-order chi connectivity index (χ1) is 42.4. The average Bonchev–Trinajstić information content (AvgIpc) is 1.55. The van der Waals surface area contributed by atoms with Gasteiger partial charge < -0.3 is 13.6 Å². The quantitative estimate of drug-likeness (QED) is 0.171. The van der Waals surface area contributed by atoms with Gasteiger partial charge in [0.25, 0.3) is 0 Å². The molecule has 10 aromatic carbocycles. The Hall–Kier alpha value is -10.3. The first-order valence-corrected chi connectivity index (χ1v) is 23.1. The highest BCUT2D eigenvalue weighted by atomic mass is 16.3. The predicted molar refractivity (Wildman–Crippen MR) is 295 cm³/mol. The summed E-state index contributed by atoms with van der Waals surface area (Å²) in [5, 5.41) is 14.2. The van der Waals surface area contributed by atoms with Crippen LogP contribution < -0.4 is 0 Å². The topological polar surface area (TPSA) is 95.3 Å². The summed E-state index contributed by atoms with van der Waals surface area (Å²) in [5.41, 5.74) is 2.42. The Morgan fingerprint density at radius 3 is 1.53 bits per heavy atom. The summed E-state index contributed by atoms with van der Waals surface area (Å²) >= 11 is 0. The maximum Gasteiger partial charge on any atom is 0.240 e. The van der Waals surface area contributed by atoms with Crippen molar-refractivity contribution in [2.75, 3.05) is 0 Å². The Morgan fingerprint density at radius 1 is 0.397 bits per heavy atom. The van der Waals surface area contributed by atoms with Crippen molar-refractivity contribution >= 4 is 109 Å². The van der Waals surface area contributed by atoms with Gasteiger partial charge in [-0.15, -0.1) is 0 Å². The molecule has 0 aliphatic heterocycles. The Labute approximate surface area is 435 Å².